The normalized spacial score (nSPS) is 14.7. The highest BCUT2D eigenvalue weighted by Crippen LogP contribution is 2.21. The number of rotatable bonds is 19. The zero-order valence-corrected chi connectivity index (χ0v) is 32.9. The molecule has 0 aromatic heterocycles. The first kappa shape index (κ1) is 43.4. The average molecular weight is 764 g/mol. The fraction of sp³-hybridized carbons (Fsp3) is 0.378. The van der Waals surface area contributed by atoms with E-state index in [0.717, 1.165) is 22.3 Å². The Labute approximate surface area is 330 Å². The molecule has 7 N–H and O–H groups in total. The highest BCUT2D eigenvalue weighted by molar-refractivity contribution is 5.91. The van der Waals surface area contributed by atoms with Gasteiger partial charge in [-0.2, -0.15) is 0 Å². The monoisotopic (exact) mass is 763 g/mol. The van der Waals surface area contributed by atoms with E-state index >= 15 is 0 Å². The van der Waals surface area contributed by atoms with Crippen molar-refractivity contribution in [2.24, 2.45) is 11.3 Å². The molecule has 0 aliphatic carbocycles. The molecule has 0 spiro atoms. The molecule has 0 saturated carbocycles. The van der Waals surface area contributed by atoms with E-state index in [0.29, 0.717) is 0 Å². The lowest BCUT2D eigenvalue weighted by Crippen LogP contribution is -2.64. The van der Waals surface area contributed by atoms with E-state index < -0.39 is 59.5 Å². The summed E-state index contributed by atoms with van der Waals surface area (Å²) in [5.74, 6) is -2.61. The van der Waals surface area contributed by atoms with Crippen LogP contribution in [0.5, 0.6) is 0 Å². The molecule has 56 heavy (non-hydrogen) atoms. The Hall–Kier alpha value is -5.36. The van der Waals surface area contributed by atoms with Gasteiger partial charge >= 0.3 is 0 Å². The number of hydrogen-bond acceptors (Lipinski definition) is 7. The van der Waals surface area contributed by atoms with Gasteiger partial charge in [0.1, 0.15) is 24.2 Å². The number of carbonyl (C=O) groups is 4. The van der Waals surface area contributed by atoms with E-state index in [9.17, 15) is 29.4 Å². The predicted molar refractivity (Wildman–Crippen MR) is 218 cm³/mol. The van der Waals surface area contributed by atoms with Crippen LogP contribution >= 0.6 is 0 Å². The second kappa shape index (κ2) is 21.1. The van der Waals surface area contributed by atoms with Gasteiger partial charge in [0, 0.05) is 19.5 Å². The summed E-state index contributed by atoms with van der Waals surface area (Å²) in [5.41, 5.74) is 2.50. The van der Waals surface area contributed by atoms with Gasteiger partial charge < -0.3 is 31.5 Å². The molecule has 0 saturated heterocycles. The van der Waals surface area contributed by atoms with Gasteiger partial charge in [0.25, 0.3) is 0 Å². The number of amides is 4. The Morgan fingerprint density at radius 3 is 1.48 bits per heavy atom. The average Bonchev–Trinajstić information content (AvgIpc) is 3.18. The number of aliphatic hydroxyl groups is 2. The van der Waals surface area contributed by atoms with Crippen LogP contribution in [0, 0.1) is 11.3 Å². The third-order valence-electron chi connectivity index (χ3n) is 9.58. The van der Waals surface area contributed by atoms with Crippen LogP contribution in [0.15, 0.2) is 121 Å². The minimum atomic E-state index is -1.51. The lowest BCUT2D eigenvalue weighted by Gasteiger charge is -2.36. The Bertz CT molecular complexity index is 1820. The molecule has 298 valence electrons. The van der Waals surface area contributed by atoms with Gasteiger partial charge in [0.05, 0.1) is 12.1 Å². The minimum absolute atomic E-state index is 0.0615. The van der Waals surface area contributed by atoms with Crippen molar-refractivity contribution in [3.05, 3.63) is 144 Å². The van der Waals surface area contributed by atoms with Crippen molar-refractivity contribution in [1.29, 1.82) is 0 Å². The fourth-order valence-corrected chi connectivity index (χ4v) is 6.33. The van der Waals surface area contributed by atoms with Gasteiger partial charge in [0.2, 0.25) is 23.6 Å². The number of nitrogens with one attached hydrogen (secondary N) is 5. The standard InChI is InChI=1S/C45H57N5O6/c1-30(2)37(42(54)47-29-34-24-16-9-17-25-34)49-43(55)38(46-28-33-22-14-8-15-23-33)39(52)35(26-31-18-10-6-11-19-31)48-44(56)40(45(3,4)5)50-41(53)36(51)27-32-20-12-7-13-21-32/h6-25,30,35-40,46,51-52H,26-29H2,1-5H3,(H,47,54)(H,48,56)(H,49,55)(H,50,53)/t35-,36-,37-,38+,39+,40+/m0/s1. The lowest BCUT2D eigenvalue weighted by molar-refractivity contribution is -0.137. The molecule has 0 aliphatic heterocycles. The molecule has 4 amide bonds. The quantitative estimate of drug-likeness (QED) is 0.0762. The van der Waals surface area contributed by atoms with Crippen molar-refractivity contribution in [3.8, 4) is 0 Å². The summed E-state index contributed by atoms with van der Waals surface area (Å²) in [6.45, 7) is 9.49. The van der Waals surface area contributed by atoms with Gasteiger partial charge in [-0.25, -0.2) is 0 Å². The van der Waals surface area contributed by atoms with Gasteiger partial charge in [-0.1, -0.05) is 156 Å². The summed E-state index contributed by atoms with van der Waals surface area (Å²) in [5, 5.41) is 37.7. The summed E-state index contributed by atoms with van der Waals surface area (Å²) in [6, 6.07) is 32.8. The second-order valence-corrected chi connectivity index (χ2v) is 15.6. The molecule has 0 aliphatic rings. The number of carbonyl (C=O) groups excluding carboxylic acids is 4. The molecule has 0 heterocycles. The van der Waals surface area contributed by atoms with E-state index in [1.165, 1.54) is 0 Å². The minimum Gasteiger partial charge on any atom is -0.389 e. The van der Waals surface area contributed by atoms with Crippen molar-refractivity contribution in [2.75, 3.05) is 0 Å². The van der Waals surface area contributed by atoms with E-state index in [1.807, 2.05) is 123 Å². The number of aliphatic hydroxyl groups excluding tert-OH is 2. The lowest BCUT2D eigenvalue weighted by atomic mass is 9.85. The molecule has 4 aromatic rings. The van der Waals surface area contributed by atoms with Crippen LogP contribution < -0.4 is 26.6 Å². The second-order valence-electron chi connectivity index (χ2n) is 15.6. The van der Waals surface area contributed by atoms with Gasteiger partial charge in [-0.15, -0.1) is 0 Å². The molecule has 6 atom stereocenters. The van der Waals surface area contributed by atoms with E-state index in [2.05, 4.69) is 26.6 Å². The van der Waals surface area contributed by atoms with Gasteiger partial charge in [0.15, 0.2) is 0 Å². The smallest absolute Gasteiger partial charge is 0.249 e. The largest absolute Gasteiger partial charge is 0.389 e. The fourth-order valence-electron chi connectivity index (χ4n) is 6.33. The summed E-state index contributed by atoms with van der Waals surface area (Å²) in [6.07, 6.45) is -2.72. The molecule has 4 rings (SSSR count). The molecule has 11 heteroatoms. The summed E-state index contributed by atoms with van der Waals surface area (Å²) in [4.78, 5) is 55.3. The maximum Gasteiger partial charge on any atom is 0.249 e. The highest BCUT2D eigenvalue weighted by Gasteiger charge is 2.40. The molecule has 0 radical (unpaired) electrons. The van der Waals surface area contributed by atoms with Crippen LogP contribution in [-0.4, -0.2) is 70.2 Å². The highest BCUT2D eigenvalue weighted by atomic mass is 16.3. The molecular weight excluding hydrogens is 707 g/mol. The predicted octanol–water partition coefficient (Wildman–Crippen LogP) is 3.82. The molecule has 4 aromatic carbocycles. The van der Waals surface area contributed by atoms with Gasteiger partial charge in [-0.05, 0) is 40.0 Å². The van der Waals surface area contributed by atoms with Crippen LogP contribution in [0.2, 0.25) is 0 Å². The van der Waals surface area contributed by atoms with Crippen LogP contribution in [0.1, 0.15) is 56.9 Å². The molecule has 0 unspecified atom stereocenters. The SMILES string of the molecule is CC(C)[C@H](NC(=O)[C@H](NCc1ccccc1)[C@H](O)[C@H](Cc1ccccc1)NC(=O)[C@@H](NC(=O)[C@@H](O)Cc1ccccc1)C(C)(C)C)C(=O)NCc1ccccc1. The van der Waals surface area contributed by atoms with Crippen LogP contribution in [-0.2, 0) is 45.1 Å². The first-order valence-corrected chi connectivity index (χ1v) is 19.2. The van der Waals surface area contributed by atoms with Crippen molar-refractivity contribution in [1.82, 2.24) is 26.6 Å². The van der Waals surface area contributed by atoms with Crippen LogP contribution in [0.4, 0.5) is 0 Å². The number of benzene rings is 4. The van der Waals surface area contributed by atoms with E-state index in [1.54, 1.807) is 32.9 Å². The molecule has 11 nitrogen and oxygen atoms in total. The number of hydrogen-bond donors (Lipinski definition) is 7. The Morgan fingerprint density at radius 2 is 1.00 bits per heavy atom. The van der Waals surface area contributed by atoms with E-state index in [4.69, 9.17) is 0 Å². The Kier molecular flexibility index (Phi) is 16.3. The maximum atomic E-state index is 14.3. The summed E-state index contributed by atoms with van der Waals surface area (Å²) >= 11 is 0. The zero-order valence-electron chi connectivity index (χ0n) is 32.9. The third kappa shape index (κ3) is 13.4. The molecule has 0 bridgehead atoms. The Balaban J connectivity index is 1.60. The third-order valence-corrected chi connectivity index (χ3v) is 9.58. The van der Waals surface area contributed by atoms with Crippen molar-refractivity contribution < 1.29 is 29.4 Å². The zero-order chi connectivity index (χ0) is 40.7. The maximum absolute atomic E-state index is 14.3. The van der Waals surface area contributed by atoms with Gasteiger partial charge in [-0.3, -0.25) is 24.5 Å². The van der Waals surface area contributed by atoms with Crippen LogP contribution in [0.3, 0.4) is 0 Å². The topological polar surface area (TPSA) is 169 Å². The van der Waals surface area contributed by atoms with E-state index in [-0.39, 0.29) is 37.8 Å². The first-order valence-electron chi connectivity index (χ1n) is 19.2. The van der Waals surface area contributed by atoms with Crippen molar-refractivity contribution in [3.63, 3.8) is 0 Å². The molecular formula is C45H57N5O6. The van der Waals surface area contributed by atoms with Crippen molar-refractivity contribution in [2.45, 2.75) is 96.9 Å². The first-order chi connectivity index (χ1) is 26.7. The molecule has 0 fully saturated rings. The Morgan fingerprint density at radius 1 is 0.536 bits per heavy atom. The summed E-state index contributed by atoms with van der Waals surface area (Å²) < 4.78 is 0. The van der Waals surface area contributed by atoms with Crippen molar-refractivity contribution >= 4 is 23.6 Å². The van der Waals surface area contributed by atoms with Crippen LogP contribution in [0.25, 0.3) is 0 Å². The summed E-state index contributed by atoms with van der Waals surface area (Å²) in [7, 11) is 0.